The predicted molar refractivity (Wildman–Crippen MR) is 164 cm³/mol. The molecule has 0 saturated carbocycles. The Hall–Kier alpha value is -4.37. The lowest BCUT2D eigenvalue weighted by molar-refractivity contribution is -0.130. The van der Waals surface area contributed by atoms with Gasteiger partial charge in [-0.1, -0.05) is 71.0 Å². The molecule has 0 saturated heterocycles. The van der Waals surface area contributed by atoms with Gasteiger partial charge in [-0.25, -0.2) is 4.79 Å². The number of amides is 3. The highest BCUT2D eigenvalue weighted by Gasteiger charge is 2.38. The van der Waals surface area contributed by atoms with Crippen molar-refractivity contribution >= 4 is 40.2 Å². The van der Waals surface area contributed by atoms with Crippen LogP contribution in [0.25, 0.3) is 10.8 Å². The molecule has 0 bridgehead atoms. The number of benzene rings is 3. The summed E-state index contributed by atoms with van der Waals surface area (Å²) in [5, 5.41) is 17.0. The number of fused-ring (bicyclic) bond motifs is 2. The first-order valence-electron chi connectivity index (χ1n) is 14.6. The molecule has 4 rings (SSSR count). The van der Waals surface area contributed by atoms with Gasteiger partial charge in [-0.05, 0) is 59.4 Å². The molecule has 0 aromatic heterocycles. The fourth-order valence-electron chi connectivity index (χ4n) is 5.29. The Morgan fingerprint density at radius 2 is 1.42 bits per heavy atom. The molecule has 3 amide bonds. The van der Waals surface area contributed by atoms with Crippen LogP contribution in [0.1, 0.15) is 84.1 Å². The maximum absolute atomic E-state index is 13.6. The molecule has 1 aliphatic rings. The number of rotatable bonds is 12. The lowest BCUT2D eigenvalue weighted by Gasteiger charge is -2.30. The van der Waals surface area contributed by atoms with Crippen molar-refractivity contribution in [1.29, 1.82) is 0 Å². The maximum Gasteiger partial charge on any atom is 0.335 e. The van der Waals surface area contributed by atoms with Gasteiger partial charge in [-0.3, -0.25) is 29.4 Å². The van der Waals surface area contributed by atoms with Crippen molar-refractivity contribution < 1.29 is 29.1 Å². The first kappa shape index (κ1) is 31.6. The molecule has 226 valence electrons. The van der Waals surface area contributed by atoms with Crippen molar-refractivity contribution in [2.75, 3.05) is 6.54 Å². The van der Waals surface area contributed by atoms with Gasteiger partial charge in [0.2, 0.25) is 5.91 Å². The molecule has 3 N–H and O–H groups in total. The van der Waals surface area contributed by atoms with E-state index in [1.807, 2.05) is 38.1 Å². The van der Waals surface area contributed by atoms with E-state index in [-0.39, 0.29) is 42.7 Å². The first-order valence-corrected chi connectivity index (χ1v) is 14.6. The van der Waals surface area contributed by atoms with Crippen LogP contribution >= 0.6 is 0 Å². The van der Waals surface area contributed by atoms with Crippen molar-refractivity contribution in [3.63, 3.8) is 0 Å². The molecule has 2 atom stereocenters. The second-order valence-corrected chi connectivity index (χ2v) is 12.5. The number of imide groups is 1. The van der Waals surface area contributed by atoms with E-state index in [0.29, 0.717) is 17.5 Å². The highest BCUT2D eigenvalue weighted by molar-refractivity contribution is 6.23. The third-order valence-electron chi connectivity index (χ3n) is 7.63. The first-order chi connectivity index (χ1) is 20.3. The van der Waals surface area contributed by atoms with Crippen molar-refractivity contribution in [3.05, 3.63) is 82.9 Å². The number of carbonyl (C=O) groups is 5. The number of carboxylic acid groups (broad SMARTS) is 1. The van der Waals surface area contributed by atoms with Gasteiger partial charge in [-0.15, -0.1) is 0 Å². The molecule has 0 spiro atoms. The number of carbonyl (C=O) groups excluding carboxylic acids is 4. The summed E-state index contributed by atoms with van der Waals surface area (Å²) in [6.07, 6.45) is 0.608. The third-order valence-corrected chi connectivity index (χ3v) is 7.63. The average molecular weight is 586 g/mol. The van der Waals surface area contributed by atoms with Crippen LogP contribution in [-0.2, 0) is 16.1 Å². The molecule has 9 nitrogen and oxygen atoms in total. The summed E-state index contributed by atoms with van der Waals surface area (Å²) in [4.78, 5) is 65.8. The van der Waals surface area contributed by atoms with Gasteiger partial charge in [0.15, 0.2) is 5.78 Å². The molecule has 0 aliphatic carbocycles. The van der Waals surface area contributed by atoms with Crippen LogP contribution in [-0.4, -0.2) is 58.1 Å². The van der Waals surface area contributed by atoms with Gasteiger partial charge in [-0.2, -0.15) is 0 Å². The van der Waals surface area contributed by atoms with E-state index in [9.17, 15) is 24.0 Å². The normalized spacial score (nSPS) is 14.6. The molecule has 0 radical (unpaired) electrons. The number of ketones is 1. The molecule has 0 fully saturated rings. The number of aromatic carboxylic acids is 1. The Kier molecular flexibility index (Phi) is 9.45. The minimum atomic E-state index is -1.03. The van der Waals surface area contributed by atoms with E-state index >= 15 is 0 Å². The van der Waals surface area contributed by atoms with E-state index in [2.05, 4.69) is 10.6 Å². The Morgan fingerprint density at radius 3 is 1.91 bits per heavy atom. The summed E-state index contributed by atoms with van der Waals surface area (Å²) in [7, 11) is 0. The second-order valence-electron chi connectivity index (χ2n) is 12.5. The molecule has 43 heavy (non-hydrogen) atoms. The van der Waals surface area contributed by atoms with E-state index in [1.165, 1.54) is 17.0 Å². The van der Waals surface area contributed by atoms with Gasteiger partial charge in [0, 0.05) is 18.5 Å². The van der Waals surface area contributed by atoms with Crippen LogP contribution in [0, 0.1) is 11.3 Å². The molecule has 1 heterocycles. The minimum Gasteiger partial charge on any atom is -0.478 e. The fourth-order valence-corrected chi connectivity index (χ4v) is 5.29. The summed E-state index contributed by atoms with van der Waals surface area (Å²) in [6.45, 7) is 9.58. The summed E-state index contributed by atoms with van der Waals surface area (Å²) in [5.74, 6) is -2.10. The van der Waals surface area contributed by atoms with Crippen LogP contribution in [0.4, 0.5) is 0 Å². The number of nitrogens with zero attached hydrogens (tertiary/aromatic N) is 1. The number of nitrogens with one attached hydrogen (secondary N) is 2. The number of carboxylic acids is 1. The molecule has 1 aliphatic heterocycles. The Morgan fingerprint density at radius 1 is 0.860 bits per heavy atom. The molecule has 3 aromatic rings. The molecule has 9 heteroatoms. The van der Waals surface area contributed by atoms with Crippen molar-refractivity contribution in [1.82, 2.24) is 15.5 Å². The molecule has 3 aromatic carbocycles. The predicted octanol–water partition coefficient (Wildman–Crippen LogP) is 4.83. The Labute approximate surface area is 251 Å². The van der Waals surface area contributed by atoms with Crippen LogP contribution in [0.15, 0.2) is 60.7 Å². The summed E-state index contributed by atoms with van der Waals surface area (Å²) in [6, 6.07) is 15.8. The zero-order valence-corrected chi connectivity index (χ0v) is 25.3. The van der Waals surface area contributed by atoms with Gasteiger partial charge in [0.1, 0.15) is 0 Å². The SMILES string of the molecule is CC(C)C[C@H](N[C@H](CCN1C(=O)c2cc3ccccc3cc2C1=O)C(=O)C(C)(C)C)C(=O)NCc1ccc(C(=O)O)cc1. The summed E-state index contributed by atoms with van der Waals surface area (Å²) < 4.78 is 0. The van der Waals surface area contributed by atoms with Gasteiger partial charge >= 0.3 is 5.97 Å². The average Bonchev–Trinajstić information content (AvgIpc) is 3.19. The Balaban J connectivity index is 1.50. The van der Waals surface area contributed by atoms with E-state index in [1.54, 1.807) is 45.0 Å². The number of hydrogen-bond acceptors (Lipinski definition) is 6. The van der Waals surface area contributed by atoms with Gasteiger partial charge < -0.3 is 10.4 Å². The Bertz CT molecular complexity index is 1500. The third kappa shape index (κ3) is 7.35. The van der Waals surface area contributed by atoms with Crippen LogP contribution in [0.3, 0.4) is 0 Å². The van der Waals surface area contributed by atoms with Crippen molar-refractivity contribution in [2.24, 2.45) is 11.3 Å². The lowest BCUT2D eigenvalue weighted by atomic mass is 9.84. The van der Waals surface area contributed by atoms with Crippen molar-refractivity contribution in [3.8, 4) is 0 Å². The van der Waals surface area contributed by atoms with E-state index in [0.717, 1.165) is 16.3 Å². The number of hydrogen-bond donors (Lipinski definition) is 3. The smallest absolute Gasteiger partial charge is 0.335 e. The van der Waals surface area contributed by atoms with E-state index in [4.69, 9.17) is 5.11 Å². The van der Waals surface area contributed by atoms with Crippen molar-refractivity contribution in [2.45, 2.75) is 66.1 Å². The quantitative estimate of drug-likeness (QED) is 0.259. The van der Waals surface area contributed by atoms with Crippen LogP contribution < -0.4 is 10.6 Å². The van der Waals surface area contributed by atoms with Gasteiger partial charge in [0.25, 0.3) is 11.8 Å². The minimum absolute atomic E-state index is 0.0219. The molecular weight excluding hydrogens is 546 g/mol. The zero-order valence-electron chi connectivity index (χ0n) is 25.3. The lowest BCUT2D eigenvalue weighted by Crippen LogP contribution is -2.54. The van der Waals surface area contributed by atoms with Crippen LogP contribution in [0.5, 0.6) is 0 Å². The van der Waals surface area contributed by atoms with E-state index < -0.39 is 35.3 Å². The fraction of sp³-hybridized carbons (Fsp3) is 0.382. The molecule has 0 unspecified atom stereocenters. The monoisotopic (exact) mass is 585 g/mol. The molecular formula is C34H39N3O6. The number of Topliss-reactive ketones (excluding diaryl/α,β-unsaturated/α-hetero) is 1. The largest absolute Gasteiger partial charge is 0.478 e. The standard InChI is InChI=1S/C34H39N3O6/c1-20(2)16-28(30(39)35-19-21-10-12-22(13-11-21)33(42)43)36-27(29(38)34(3,4)5)14-15-37-31(40)25-17-23-8-6-7-9-24(23)18-26(25)32(37)41/h6-13,17-18,20,27-28,36H,14-16,19H2,1-5H3,(H,35,39)(H,42,43)/t27-,28+/m1/s1. The summed E-state index contributed by atoms with van der Waals surface area (Å²) >= 11 is 0. The van der Waals surface area contributed by atoms with Gasteiger partial charge in [0.05, 0.1) is 28.8 Å². The highest BCUT2D eigenvalue weighted by atomic mass is 16.4. The topological polar surface area (TPSA) is 133 Å². The zero-order chi connectivity index (χ0) is 31.5. The second kappa shape index (κ2) is 12.9. The highest BCUT2D eigenvalue weighted by Crippen LogP contribution is 2.29. The maximum atomic E-state index is 13.6. The van der Waals surface area contributed by atoms with Crippen LogP contribution in [0.2, 0.25) is 0 Å². The summed E-state index contributed by atoms with van der Waals surface area (Å²) in [5.41, 5.74) is 0.862.